The van der Waals surface area contributed by atoms with Crippen molar-refractivity contribution in [3.63, 3.8) is 0 Å². The number of rotatable bonds is 4. The van der Waals surface area contributed by atoms with Crippen molar-refractivity contribution in [1.82, 2.24) is 5.01 Å². The molecule has 1 amide bonds. The van der Waals surface area contributed by atoms with Gasteiger partial charge in [0, 0.05) is 25.4 Å². The summed E-state index contributed by atoms with van der Waals surface area (Å²) in [4.78, 5) is 22.6. The molecule has 1 aliphatic heterocycles. The van der Waals surface area contributed by atoms with Gasteiger partial charge in [-0.15, -0.1) is 0 Å². The number of hydrogen-bond acceptors (Lipinski definition) is 3. The number of amides is 1. The molecule has 1 aliphatic rings. The monoisotopic (exact) mass is 276 g/mol. The van der Waals surface area contributed by atoms with Crippen LogP contribution in [0.1, 0.15) is 32.3 Å². The van der Waals surface area contributed by atoms with E-state index in [0.29, 0.717) is 13.0 Å². The topological polar surface area (TPSA) is 60.9 Å². The van der Waals surface area contributed by atoms with Crippen LogP contribution in [0.25, 0.3) is 0 Å². The SMILES string of the molecule is CN1C(=O)CCN1c1cccc(C(C)(C)CC(=O)O)c1. The van der Waals surface area contributed by atoms with E-state index in [4.69, 9.17) is 5.11 Å². The number of benzene rings is 1. The molecule has 1 heterocycles. The number of anilines is 1. The molecule has 1 N–H and O–H groups in total. The lowest BCUT2D eigenvalue weighted by molar-refractivity contribution is -0.138. The number of carboxylic acids is 1. The maximum absolute atomic E-state index is 11.6. The molecule has 0 unspecified atom stereocenters. The van der Waals surface area contributed by atoms with Crippen molar-refractivity contribution in [3.05, 3.63) is 29.8 Å². The number of hydrazine groups is 1. The lowest BCUT2D eigenvalue weighted by Crippen LogP contribution is -2.35. The fraction of sp³-hybridized carbons (Fsp3) is 0.467. The summed E-state index contributed by atoms with van der Waals surface area (Å²) >= 11 is 0. The summed E-state index contributed by atoms with van der Waals surface area (Å²) in [5, 5.41) is 12.5. The molecule has 0 aliphatic carbocycles. The van der Waals surface area contributed by atoms with Crippen molar-refractivity contribution in [2.45, 2.75) is 32.1 Å². The fourth-order valence-corrected chi connectivity index (χ4v) is 2.52. The molecule has 20 heavy (non-hydrogen) atoms. The Hall–Kier alpha value is -2.04. The summed E-state index contributed by atoms with van der Waals surface area (Å²) in [7, 11) is 1.75. The van der Waals surface area contributed by atoms with Crippen molar-refractivity contribution in [2.75, 3.05) is 18.6 Å². The zero-order valence-electron chi connectivity index (χ0n) is 12.1. The highest BCUT2D eigenvalue weighted by molar-refractivity contribution is 5.81. The zero-order valence-corrected chi connectivity index (χ0v) is 12.1. The maximum atomic E-state index is 11.6. The van der Waals surface area contributed by atoms with Gasteiger partial charge in [0.1, 0.15) is 0 Å². The highest BCUT2D eigenvalue weighted by Gasteiger charge is 2.28. The summed E-state index contributed by atoms with van der Waals surface area (Å²) in [5.74, 6) is -0.714. The Morgan fingerprint density at radius 2 is 2.10 bits per heavy atom. The van der Waals surface area contributed by atoms with Gasteiger partial charge in [-0.25, -0.2) is 0 Å². The average Bonchev–Trinajstić information content (AvgIpc) is 2.69. The van der Waals surface area contributed by atoms with Gasteiger partial charge in [0.15, 0.2) is 0 Å². The zero-order chi connectivity index (χ0) is 14.9. The number of nitrogens with zero attached hydrogens (tertiary/aromatic N) is 2. The highest BCUT2D eigenvalue weighted by atomic mass is 16.4. The third-order valence-electron chi connectivity index (χ3n) is 3.78. The molecular weight excluding hydrogens is 256 g/mol. The van der Waals surface area contributed by atoms with Crippen LogP contribution in [0.3, 0.4) is 0 Å². The van der Waals surface area contributed by atoms with Crippen molar-refractivity contribution >= 4 is 17.6 Å². The molecular formula is C15H20N2O3. The van der Waals surface area contributed by atoms with Crippen LogP contribution in [-0.4, -0.2) is 35.6 Å². The Labute approximate surface area is 118 Å². The fourth-order valence-electron chi connectivity index (χ4n) is 2.52. The molecule has 0 aromatic heterocycles. The lowest BCUT2D eigenvalue weighted by Gasteiger charge is -2.29. The Bertz CT molecular complexity index is 540. The van der Waals surface area contributed by atoms with Crippen molar-refractivity contribution in [2.24, 2.45) is 0 Å². The Morgan fingerprint density at radius 3 is 2.65 bits per heavy atom. The number of hydrogen-bond donors (Lipinski definition) is 1. The van der Waals surface area contributed by atoms with Gasteiger partial charge in [-0.2, -0.15) is 0 Å². The molecule has 0 radical (unpaired) electrons. The van der Waals surface area contributed by atoms with Gasteiger partial charge in [-0.1, -0.05) is 26.0 Å². The van der Waals surface area contributed by atoms with Gasteiger partial charge >= 0.3 is 5.97 Å². The van der Waals surface area contributed by atoms with Gasteiger partial charge in [-0.05, 0) is 17.7 Å². The van der Waals surface area contributed by atoms with Crippen LogP contribution in [0.2, 0.25) is 0 Å². The molecule has 5 heteroatoms. The van der Waals surface area contributed by atoms with Crippen LogP contribution in [0.5, 0.6) is 0 Å². The standard InChI is InChI=1S/C15H20N2O3/c1-15(2,10-14(19)20)11-5-4-6-12(9-11)17-8-7-13(18)16(17)3/h4-6,9H,7-8,10H2,1-3H3,(H,19,20). The Balaban J connectivity index is 2.28. The molecule has 0 atom stereocenters. The van der Waals surface area contributed by atoms with Gasteiger partial charge in [-0.3, -0.25) is 19.6 Å². The third-order valence-corrected chi connectivity index (χ3v) is 3.78. The van der Waals surface area contributed by atoms with E-state index in [1.807, 2.05) is 43.1 Å². The quantitative estimate of drug-likeness (QED) is 0.914. The van der Waals surface area contributed by atoms with Gasteiger partial charge in [0.2, 0.25) is 5.91 Å². The van der Waals surface area contributed by atoms with Gasteiger partial charge < -0.3 is 5.11 Å². The highest BCUT2D eigenvalue weighted by Crippen LogP contribution is 2.31. The Morgan fingerprint density at radius 1 is 1.40 bits per heavy atom. The van der Waals surface area contributed by atoms with E-state index in [0.717, 1.165) is 11.3 Å². The second kappa shape index (κ2) is 5.15. The molecule has 0 spiro atoms. The number of carbonyl (C=O) groups excluding carboxylic acids is 1. The van der Waals surface area contributed by atoms with Crippen LogP contribution in [0.15, 0.2) is 24.3 Å². The third kappa shape index (κ3) is 2.76. The number of carbonyl (C=O) groups is 2. The molecule has 0 bridgehead atoms. The minimum Gasteiger partial charge on any atom is -0.481 e. The molecule has 1 aromatic rings. The van der Waals surface area contributed by atoms with Crippen LogP contribution in [0.4, 0.5) is 5.69 Å². The summed E-state index contributed by atoms with van der Waals surface area (Å²) in [6.45, 7) is 4.50. The predicted octanol–water partition coefficient (Wildman–Crippen LogP) is 2.02. The summed E-state index contributed by atoms with van der Waals surface area (Å²) in [6, 6.07) is 7.75. The Kier molecular flexibility index (Phi) is 3.70. The van der Waals surface area contributed by atoms with Gasteiger partial charge in [0.05, 0.1) is 12.1 Å². The minimum atomic E-state index is -0.811. The van der Waals surface area contributed by atoms with Crippen LogP contribution in [-0.2, 0) is 15.0 Å². The van der Waals surface area contributed by atoms with E-state index in [9.17, 15) is 9.59 Å². The number of aliphatic carboxylic acids is 1. The normalized spacial score (nSPS) is 15.8. The molecule has 1 aromatic carbocycles. The molecule has 108 valence electrons. The smallest absolute Gasteiger partial charge is 0.304 e. The maximum Gasteiger partial charge on any atom is 0.304 e. The average molecular weight is 276 g/mol. The molecule has 2 rings (SSSR count). The van der Waals surface area contributed by atoms with E-state index in [1.165, 1.54) is 0 Å². The van der Waals surface area contributed by atoms with E-state index in [-0.39, 0.29) is 12.3 Å². The van der Waals surface area contributed by atoms with E-state index < -0.39 is 11.4 Å². The summed E-state index contributed by atoms with van der Waals surface area (Å²) in [6.07, 6.45) is 0.588. The molecule has 1 fully saturated rings. The molecule has 5 nitrogen and oxygen atoms in total. The minimum absolute atomic E-state index is 0.0746. The van der Waals surface area contributed by atoms with Crippen LogP contribution in [0, 0.1) is 0 Å². The van der Waals surface area contributed by atoms with E-state index >= 15 is 0 Å². The molecule has 1 saturated heterocycles. The first-order valence-electron chi connectivity index (χ1n) is 6.67. The first kappa shape index (κ1) is 14.4. The van der Waals surface area contributed by atoms with Crippen molar-refractivity contribution in [1.29, 1.82) is 0 Å². The predicted molar refractivity (Wildman–Crippen MR) is 76.5 cm³/mol. The second-order valence-electron chi connectivity index (χ2n) is 5.80. The van der Waals surface area contributed by atoms with Crippen molar-refractivity contribution < 1.29 is 14.7 Å². The summed E-state index contributed by atoms with van der Waals surface area (Å²) in [5.41, 5.74) is 1.45. The van der Waals surface area contributed by atoms with E-state index in [2.05, 4.69) is 0 Å². The number of carboxylic acid groups (broad SMARTS) is 1. The van der Waals surface area contributed by atoms with Crippen LogP contribution < -0.4 is 5.01 Å². The summed E-state index contributed by atoms with van der Waals surface area (Å²) < 4.78 is 0. The van der Waals surface area contributed by atoms with Crippen LogP contribution >= 0.6 is 0 Å². The lowest BCUT2D eigenvalue weighted by atomic mass is 9.81. The first-order valence-corrected chi connectivity index (χ1v) is 6.67. The molecule has 0 saturated carbocycles. The van der Waals surface area contributed by atoms with Gasteiger partial charge in [0.25, 0.3) is 0 Å². The second-order valence-corrected chi connectivity index (χ2v) is 5.80. The first-order chi connectivity index (χ1) is 9.31. The van der Waals surface area contributed by atoms with Crippen molar-refractivity contribution in [3.8, 4) is 0 Å². The van der Waals surface area contributed by atoms with E-state index in [1.54, 1.807) is 12.1 Å². The largest absolute Gasteiger partial charge is 0.481 e.